The molecule has 0 amide bonds. The zero-order valence-electron chi connectivity index (χ0n) is 13.1. The third kappa shape index (κ3) is 3.15. The molecule has 0 aliphatic carbocycles. The third-order valence-corrected chi connectivity index (χ3v) is 3.89. The maximum absolute atomic E-state index is 6.24. The molecule has 3 nitrogen and oxygen atoms in total. The van der Waals surface area contributed by atoms with Crippen molar-refractivity contribution in [2.24, 2.45) is 12.8 Å². The lowest BCUT2D eigenvalue weighted by molar-refractivity contribution is 0.187. The van der Waals surface area contributed by atoms with Gasteiger partial charge in [-0.15, -0.1) is 0 Å². The summed E-state index contributed by atoms with van der Waals surface area (Å²) in [5.74, 6) is 0.883. The first-order chi connectivity index (χ1) is 10.6. The summed E-state index contributed by atoms with van der Waals surface area (Å²) in [6, 6.07) is 18.7. The van der Waals surface area contributed by atoms with E-state index in [2.05, 4.69) is 41.1 Å². The van der Waals surface area contributed by atoms with E-state index < -0.39 is 0 Å². The first-order valence-corrected chi connectivity index (χ1v) is 7.66. The highest BCUT2D eigenvalue weighted by Crippen LogP contribution is 2.28. The summed E-state index contributed by atoms with van der Waals surface area (Å²) >= 11 is 0. The van der Waals surface area contributed by atoms with Crippen molar-refractivity contribution in [1.29, 1.82) is 0 Å². The lowest BCUT2D eigenvalue weighted by Crippen LogP contribution is -2.21. The fourth-order valence-electron chi connectivity index (χ4n) is 2.75. The Kier molecular flexibility index (Phi) is 4.16. The van der Waals surface area contributed by atoms with Crippen molar-refractivity contribution in [3.63, 3.8) is 0 Å². The summed E-state index contributed by atoms with van der Waals surface area (Å²) in [5, 5.41) is 1.19. The Balaban J connectivity index is 1.88. The zero-order valence-corrected chi connectivity index (χ0v) is 13.1. The van der Waals surface area contributed by atoms with Crippen molar-refractivity contribution in [1.82, 2.24) is 4.57 Å². The summed E-state index contributed by atoms with van der Waals surface area (Å²) < 4.78 is 8.35. The molecular formula is C19H22N2O. The van der Waals surface area contributed by atoms with E-state index in [-0.39, 0.29) is 12.1 Å². The Morgan fingerprint density at radius 2 is 1.86 bits per heavy atom. The number of nitrogens with two attached hydrogens (primary N) is 1. The van der Waals surface area contributed by atoms with Crippen LogP contribution in [0.25, 0.3) is 10.9 Å². The number of aromatic nitrogens is 1. The van der Waals surface area contributed by atoms with Crippen LogP contribution in [0.3, 0.4) is 0 Å². The van der Waals surface area contributed by atoms with Gasteiger partial charge in [0.25, 0.3) is 0 Å². The van der Waals surface area contributed by atoms with Crippen molar-refractivity contribution < 1.29 is 4.74 Å². The van der Waals surface area contributed by atoms with Gasteiger partial charge in [-0.1, -0.05) is 30.3 Å². The van der Waals surface area contributed by atoms with Gasteiger partial charge in [0, 0.05) is 36.6 Å². The number of aryl methyl sites for hydroxylation is 1. The maximum Gasteiger partial charge on any atom is 0.125 e. The Morgan fingerprint density at radius 1 is 1.09 bits per heavy atom. The van der Waals surface area contributed by atoms with Gasteiger partial charge in [-0.3, -0.25) is 0 Å². The standard InChI is InChI=1S/C19H22N2O/c1-14(20)12-19(15-6-4-3-5-7-15)22-17-8-9-18-16(13-17)10-11-21(18)2/h3-11,13-14,19H,12,20H2,1-2H3/t14-,19?/m1/s1. The molecule has 1 aromatic heterocycles. The van der Waals surface area contributed by atoms with Crippen molar-refractivity contribution in [2.75, 3.05) is 0 Å². The average Bonchev–Trinajstić information content (AvgIpc) is 2.88. The molecule has 0 radical (unpaired) electrons. The summed E-state index contributed by atoms with van der Waals surface area (Å²) in [5.41, 5.74) is 8.36. The topological polar surface area (TPSA) is 40.2 Å². The monoisotopic (exact) mass is 294 g/mol. The van der Waals surface area contributed by atoms with E-state index in [1.807, 2.05) is 38.2 Å². The zero-order chi connectivity index (χ0) is 15.5. The molecule has 1 heterocycles. The predicted molar refractivity (Wildman–Crippen MR) is 91.0 cm³/mol. The van der Waals surface area contributed by atoms with E-state index in [1.54, 1.807) is 0 Å². The summed E-state index contributed by atoms with van der Waals surface area (Å²) in [4.78, 5) is 0. The van der Waals surface area contributed by atoms with Crippen LogP contribution in [-0.4, -0.2) is 10.6 Å². The fraction of sp³-hybridized carbons (Fsp3) is 0.263. The minimum atomic E-state index is -0.0256. The van der Waals surface area contributed by atoms with Crippen LogP contribution in [0.4, 0.5) is 0 Å². The number of fused-ring (bicyclic) bond motifs is 1. The van der Waals surface area contributed by atoms with Crippen molar-refractivity contribution >= 4 is 10.9 Å². The Morgan fingerprint density at radius 3 is 2.59 bits per heavy atom. The third-order valence-electron chi connectivity index (χ3n) is 3.89. The molecule has 3 rings (SSSR count). The van der Waals surface area contributed by atoms with Crippen LogP contribution in [0, 0.1) is 0 Å². The van der Waals surface area contributed by atoms with Crippen LogP contribution in [0.5, 0.6) is 5.75 Å². The average molecular weight is 294 g/mol. The van der Waals surface area contributed by atoms with Gasteiger partial charge in [0.2, 0.25) is 0 Å². The van der Waals surface area contributed by atoms with Crippen molar-refractivity contribution in [2.45, 2.75) is 25.5 Å². The second-order valence-corrected chi connectivity index (χ2v) is 5.88. The Bertz CT molecular complexity index is 746. The number of rotatable bonds is 5. The quantitative estimate of drug-likeness (QED) is 0.771. The number of hydrogen-bond acceptors (Lipinski definition) is 2. The van der Waals surface area contributed by atoms with Crippen LogP contribution in [0.2, 0.25) is 0 Å². The van der Waals surface area contributed by atoms with Gasteiger partial charge in [-0.25, -0.2) is 0 Å². The Hall–Kier alpha value is -2.26. The van der Waals surface area contributed by atoms with Crippen LogP contribution < -0.4 is 10.5 Å². The van der Waals surface area contributed by atoms with Gasteiger partial charge in [0.15, 0.2) is 0 Å². The molecule has 114 valence electrons. The van der Waals surface area contributed by atoms with E-state index in [0.717, 1.165) is 17.7 Å². The molecule has 0 aliphatic heterocycles. The first-order valence-electron chi connectivity index (χ1n) is 7.66. The molecule has 0 bridgehead atoms. The molecule has 2 aromatic carbocycles. The minimum Gasteiger partial charge on any atom is -0.486 e. The second kappa shape index (κ2) is 6.24. The molecule has 0 spiro atoms. The van der Waals surface area contributed by atoms with Crippen molar-refractivity contribution in [3.8, 4) is 5.75 Å². The molecule has 2 N–H and O–H groups in total. The van der Waals surface area contributed by atoms with Crippen LogP contribution >= 0.6 is 0 Å². The molecule has 0 aliphatic rings. The molecule has 0 fully saturated rings. The molecular weight excluding hydrogens is 272 g/mol. The van der Waals surface area contributed by atoms with Crippen LogP contribution in [-0.2, 0) is 7.05 Å². The molecule has 0 saturated carbocycles. The highest BCUT2D eigenvalue weighted by molar-refractivity contribution is 5.81. The van der Waals surface area contributed by atoms with Crippen LogP contribution in [0.1, 0.15) is 25.0 Å². The predicted octanol–water partition coefficient (Wildman–Crippen LogP) is 4.04. The highest BCUT2D eigenvalue weighted by Gasteiger charge is 2.15. The SMILES string of the molecule is C[C@@H](N)CC(Oc1ccc2c(ccn2C)c1)c1ccccc1. The van der Waals surface area contributed by atoms with Gasteiger partial charge in [0.05, 0.1) is 0 Å². The smallest absolute Gasteiger partial charge is 0.125 e. The first kappa shape index (κ1) is 14.7. The van der Waals surface area contributed by atoms with E-state index in [9.17, 15) is 0 Å². The molecule has 3 heteroatoms. The second-order valence-electron chi connectivity index (χ2n) is 5.88. The summed E-state index contributed by atoms with van der Waals surface area (Å²) in [6.07, 6.45) is 2.82. The fourth-order valence-corrected chi connectivity index (χ4v) is 2.75. The minimum absolute atomic E-state index is 0.0256. The normalized spacial score (nSPS) is 14.0. The Labute approximate surface area is 131 Å². The van der Waals surface area contributed by atoms with Gasteiger partial charge in [0.1, 0.15) is 11.9 Å². The molecule has 0 saturated heterocycles. The number of hydrogen-bond donors (Lipinski definition) is 1. The number of nitrogens with zero attached hydrogens (tertiary/aromatic N) is 1. The summed E-state index contributed by atoms with van der Waals surface area (Å²) in [7, 11) is 2.05. The van der Waals surface area contributed by atoms with Gasteiger partial charge in [-0.05, 0) is 36.8 Å². The molecule has 3 aromatic rings. The summed E-state index contributed by atoms with van der Waals surface area (Å²) in [6.45, 7) is 2.01. The van der Waals surface area contributed by atoms with Gasteiger partial charge < -0.3 is 15.0 Å². The van der Waals surface area contributed by atoms with Gasteiger partial charge in [-0.2, -0.15) is 0 Å². The number of benzene rings is 2. The van der Waals surface area contributed by atoms with E-state index in [0.29, 0.717) is 0 Å². The molecule has 22 heavy (non-hydrogen) atoms. The lowest BCUT2D eigenvalue weighted by Gasteiger charge is -2.21. The van der Waals surface area contributed by atoms with Gasteiger partial charge >= 0.3 is 0 Å². The molecule has 1 unspecified atom stereocenters. The van der Waals surface area contributed by atoms with Crippen molar-refractivity contribution in [3.05, 3.63) is 66.4 Å². The largest absolute Gasteiger partial charge is 0.486 e. The number of ether oxygens (including phenoxy) is 1. The highest BCUT2D eigenvalue weighted by atomic mass is 16.5. The maximum atomic E-state index is 6.24. The lowest BCUT2D eigenvalue weighted by atomic mass is 10.0. The van der Waals surface area contributed by atoms with E-state index in [1.165, 1.54) is 10.9 Å². The molecule has 2 atom stereocenters. The van der Waals surface area contributed by atoms with E-state index in [4.69, 9.17) is 10.5 Å². The van der Waals surface area contributed by atoms with E-state index >= 15 is 0 Å². The van der Waals surface area contributed by atoms with Crippen LogP contribution in [0.15, 0.2) is 60.8 Å².